The smallest absolute Gasteiger partial charge is 0.481 e. The lowest BCUT2D eigenvalue weighted by Crippen LogP contribution is -2.50. The fourth-order valence-electron chi connectivity index (χ4n) is 5.12. The van der Waals surface area contributed by atoms with Crippen LogP contribution in [-0.2, 0) is 38.6 Å². The van der Waals surface area contributed by atoms with E-state index in [1.807, 2.05) is 24.3 Å². The summed E-state index contributed by atoms with van der Waals surface area (Å²) in [5.74, 6) is -5.11. The Morgan fingerprint density at radius 3 is 2.48 bits per heavy atom. The van der Waals surface area contributed by atoms with E-state index < -0.39 is 30.1 Å². The van der Waals surface area contributed by atoms with Gasteiger partial charge in [-0.25, -0.2) is 4.79 Å². The van der Waals surface area contributed by atoms with E-state index in [-0.39, 0.29) is 18.2 Å². The van der Waals surface area contributed by atoms with E-state index in [1.165, 1.54) is 0 Å². The molecule has 4 N–H and O–H groups in total. The molecule has 2 aromatic heterocycles. The average Bonchev–Trinajstić information content (AvgIpc) is 3.33. The molecule has 0 radical (unpaired) electrons. The number of alkyl halides is 3. The fraction of sp³-hybridized carbons (Fsp3) is 0.452. The number of benzene rings is 1. The topological polar surface area (TPSA) is 151 Å². The number of carbonyl (C=O) groups is 4. The number of nitrogens with zero attached hydrogens (tertiary/aromatic N) is 2. The number of carboxylic acids is 2. The van der Waals surface area contributed by atoms with Crippen LogP contribution in [0.3, 0.4) is 0 Å². The zero-order valence-corrected chi connectivity index (χ0v) is 24.2. The van der Waals surface area contributed by atoms with Crippen molar-refractivity contribution < 1.29 is 42.6 Å². The maximum Gasteiger partial charge on any atom is 0.490 e. The number of amides is 2. The second-order valence-electron chi connectivity index (χ2n) is 10.7. The van der Waals surface area contributed by atoms with Gasteiger partial charge in [-0.15, -0.1) is 0 Å². The lowest BCUT2D eigenvalue weighted by Gasteiger charge is -2.22. The molecule has 4 rings (SSSR count). The van der Waals surface area contributed by atoms with Gasteiger partial charge in [0, 0.05) is 54.9 Å². The zero-order valence-electron chi connectivity index (χ0n) is 24.2. The maximum absolute atomic E-state index is 13.3. The Kier molecular flexibility index (Phi) is 12.7. The predicted octanol–water partition coefficient (Wildman–Crippen LogP) is 4.50. The third kappa shape index (κ3) is 10.7. The lowest BCUT2D eigenvalue weighted by molar-refractivity contribution is -0.192. The first kappa shape index (κ1) is 34.1. The van der Waals surface area contributed by atoms with Crippen LogP contribution in [0.15, 0.2) is 55.0 Å². The van der Waals surface area contributed by atoms with Crippen LogP contribution in [0, 0.1) is 5.92 Å². The molecule has 1 aromatic carbocycles. The normalized spacial score (nSPS) is 16.6. The number of fused-ring (bicyclic) bond motifs is 5. The summed E-state index contributed by atoms with van der Waals surface area (Å²) in [6, 6.07) is 11.2. The lowest BCUT2D eigenvalue weighted by atomic mass is 9.95. The molecule has 13 heteroatoms. The molecule has 2 atom stereocenters. The van der Waals surface area contributed by atoms with E-state index in [9.17, 15) is 32.7 Å². The van der Waals surface area contributed by atoms with Crippen molar-refractivity contribution in [3.63, 3.8) is 0 Å². The van der Waals surface area contributed by atoms with Gasteiger partial charge in [0.25, 0.3) is 0 Å². The number of para-hydroxylation sites is 1. The molecular formula is C31H37F3N4O6. The SMILES string of the molecule is O=C(O)C(F)(F)F.O=C(O)C[C@@H](CCCc1cccnc1)C(=O)N[C@H]1Cc2cn(c3ccccc23)CCCCCCNC1=O. The van der Waals surface area contributed by atoms with E-state index in [0.717, 1.165) is 54.3 Å². The number of carboxylic acid groups (broad SMARTS) is 2. The van der Waals surface area contributed by atoms with E-state index in [2.05, 4.69) is 38.5 Å². The summed E-state index contributed by atoms with van der Waals surface area (Å²) in [6.45, 7) is 1.48. The number of aromatic nitrogens is 2. The summed E-state index contributed by atoms with van der Waals surface area (Å²) < 4.78 is 34.0. The van der Waals surface area contributed by atoms with Crippen LogP contribution in [0.25, 0.3) is 10.9 Å². The molecule has 0 unspecified atom stereocenters. The van der Waals surface area contributed by atoms with Crippen LogP contribution in [0.4, 0.5) is 13.2 Å². The van der Waals surface area contributed by atoms with Crippen molar-refractivity contribution in [3.05, 3.63) is 66.1 Å². The van der Waals surface area contributed by atoms with Crippen LogP contribution < -0.4 is 10.6 Å². The molecule has 3 heterocycles. The molecular weight excluding hydrogens is 581 g/mol. The third-order valence-corrected chi connectivity index (χ3v) is 7.33. The summed E-state index contributed by atoms with van der Waals surface area (Å²) in [7, 11) is 0. The van der Waals surface area contributed by atoms with Gasteiger partial charge >= 0.3 is 18.1 Å². The Morgan fingerprint density at radius 1 is 1.07 bits per heavy atom. The molecule has 2 bridgehead atoms. The van der Waals surface area contributed by atoms with Crippen molar-refractivity contribution >= 4 is 34.7 Å². The van der Waals surface area contributed by atoms with Crippen molar-refractivity contribution in [2.24, 2.45) is 5.92 Å². The number of aryl methyl sites for hydroxylation is 2. The van der Waals surface area contributed by atoms with Crippen LogP contribution in [-0.4, -0.2) is 62.3 Å². The van der Waals surface area contributed by atoms with Gasteiger partial charge in [-0.05, 0) is 55.4 Å². The van der Waals surface area contributed by atoms with Crippen molar-refractivity contribution in [1.29, 1.82) is 0 Å². The number of halogens is 3. The largest absolute Gasteiger partial charge is 0.490 e. The highest BCUT2D eigenvalue weighted by molar-refractivity contribution is 5.91. The van der Waals surface area contributed by atoms with Crippen molar-refractivity contribution in [3.8, 4) is 0 Å². The Balaban J connectivity index is 0.000000676. The van der Waals surface area contributed by atoms with Gasteiger partial charge in [0.2, 0.25) is 11.8 Å². The molecule has 238 valence electrons. The van der Waals surface area contributed by atoms with Crippen LogP contribution in [0.2, 0.25) is 0 Å². The maximum atomic E-state index is 13.3. The zero-order chi connectivity index (χ0) is 32.1. The van der Waals surface area contributed by atoms with Crippen LogP contribution in [0.5, 0.6) is 0 Å². The van der Waals surface area contributed by atoms with Gasteiger partial charge < -0.3 is 25.4 Å². The van der Waals surface area contributed by atoms with Gasteiger partial charge in [0.15, 0.2) is 0 Å². The Bertz CT molecular complexity index is 1410. The highest BCUT2D eigenvalue weighted by Crippen LogP contribution is 2.24. The van der Waals surface area contributed by atoms with Gasteiger partial charge in [0.1, 0.15) is 6.04 Å². The van der Waals surface area contributed by atoms with Gasteiger partial charge in [-0.3, -0.25) is 19.4 Å². The van der Waals surface area contributed by atoms with E-state index in [1.54, 1.807) is 12.4 Å². The van der Waals surface area contributed by atoms with E-state index in [4.69, 9.17) is 9.90 Å². The summed E-state index contributed by atoms with van der Waals surface area (Å²) in [5.41, 5.74) is 3.17. The van der Waals surface area contributed by atoms with Gasteiger partial charge in [-0.1, -0.05) is 37.1 Å². The molecule has 1 aliphatic rings. The molecule has 10 nitrogen and oxygen atoms in total. The fourth-order valence-corrected chi connectivity index (χ4v) is 5.12. The van der Waals surface area contributed by atoms with Gasteiger partial charge in [-0.2, -0.15) is 13.2 Å². The number of hydrogen-bond acceptors (Lipinski definition) is 5. The predicted molar refractivity (Wildman–Crippen MR) is 156 cm³/mol. The molecule has 0 saturated carbocycles. The summed E-state index contributed by atoms with van der Waals surface area (Å²) in [5, 5.41) is 23.6. The number of nitrogens with one attached hydrogen (secondary N) is 2. The second-order valence-corrected chi connectivity index (χ2v) is 10.7. The van der Waals surface area contributed by atoms with E-state index >= 15 is 0 Å². The van der Waals surface area contributed by atoms with Gasteiger partial charge in [0.05, 0.1) is 6.42 Å². The van der Waals surface area contributed by atoms with Crippen LogP contribution >= 0.6 is 0 Å². The Labute approximate surface area is 252 Å². The molecule has 0 aliphatic carbocycles. The number of pyridine rings is 1. The molecule has 44 heavy (non-hydrogen) atoms. The first-order valence-corrected chi connectivity index (χ1v) is 14.5. The highest BCUT2D eigenvalue weighted by Gasteiger charge is 2.38. The summed E-state index contributed by atoms with van der Waals surface area (Å²) in [4.78, 5) is 51.1. The quantitative estimate of drug-likeness (QED) is 0.290. The standard InChI is InChI=1S/C29H36N4O4.C2HF3O2/c34-27(35)18-22(11-7-9-21-10-8-14-30-19-21)28(36)32-25-17-23-20-33(26-13-4-3-12-24(23)26)16-6-2-1-5-15-31-29(25)37;3-2(4,5)1(6)7/h3-4,8,10,12-14,19-20,22,25H,1-2,5-7,9,11,15-18H2,(H,31,37)(H,32,36)(H,34,35);(H,6,7)/t22-,25+;/m1./s1. The minimum Gasteiger partial charge on any atom is -0.481 e. The van der Waals surface area contributed by atoms with Crippen molar-refractivity contribution in [2.75, 3.05) is 6.54 Å². The van der Waals surface area contributed by atoms with E-state index in [0.29, 0.717) is 32.2 Å². The number of hydrogen-bond donors (Lipinski definition) is 4. The van der Waals surface area contributed by atoms with Crippen LogP contribution in [0.1, 0.15) is 56.1 Å². The molecule has 0 saturated heterocycles. The minimum absolute atomic E-state index is 0.228. The molecule has 2 amide bonds. The Hall–Kier alpha value is -4.42. The monoisotopic (exact) mass is 618 g/mol. The summed E-state index contributed by atoms with van der Waals surface area (Å²) in [6.07, 6.45) is 6.43. The molecule has 0 spiro atoms. The summed E-state index contributed by atoms with van der Waals surface area (Å²) >= 11 is 0. The second kappa shape index (κ2) is 16.4. The highest BCUT2D eigenvalue weighted by atomic mass is 19.4. The average molecular weight is 619 g/mol. The van der Waals surface area contributed by atoms with Crippen molar-refractivity contribution in [1.82, 2.24) is 20.2 Å². The van der Waals surface area contributed by atoms with Crippen molar-refractivity contribution in [2.45, 2.75) is 76.6 Å². The molecule has 1 aliphatic heterocycles. The first-order valence-electron chi connectivity index (χ1n) is 14.5. The number of rotatable bonds is 8. The Morgan fingerprint density at radius 2 is 1.80 bits per heavy atom. The first-order chi connectivity index (χ1) is 21.0. The third-order valence-electron chi connectivity index (χ3n) is 7.33. The molecule has 0 fully saturated rings. The number of carbonyl (C=O) groups excluding carboxylic acids is 2. The minimum atomic E-state index is -5.08. The molecule has 3 aromatic rings. The number of aliphatic carboxylic acids is 2.